The quantitative estimate of drug-likeness (QED) is 0.814. The molecule has 0 aliphatic rings. The monoisotopic (exact) mass is 287 g/mol. The molecule has 3 amide bonds. The molecule has 0 saturated carbocycles. The highest BCUT2D eigenvalue weighted by Crippen LogP contribution is 2.06. The lowest BCUT2D eigenvalue weighted by Gasteiger charge is -2.25. The van der Waals surface area contributed by atoms with Crippen LogP contribution in [0.1, 0.15) is 41.5 Å². The van der Waals surface area contributed by atoms with Crippen LogP contribution in [0.25, 0.3) is 0 Å². The molecule has 2 N–H and O–H groups in total. The van der Waals surface area contributed by atoms with E-state index < -0.39 is 11.7 Å². The summed E-state index contributed by atoms with van der Waals surface area (Å²) in [7, 11) is 1.70. The fourth-order valence-electron chi connectivity index (χ4n) is 1.47. The Labute approximate surface area is 122 Å². The molecule has 1 atom stereocenters. The Hall–Kier alpha value is -1.46. The molecule has 0 aromatic carbocycles. The SMILES string of the molecule is CC(C)CNC(=O)N(C)CC(C)NC(=O)OC(C)(C)C. The van der Waals surface area contributed by atoms with Crippen molar-refractivity contribution in [2.45, 2.75) is 53.2 Å². The molecular weight excluding hydrogens is 258 g/mol. The largest absolute Gasteiger partial charge is 0.444 e. The number of alkyl carbamates (subject to hydrolysis) is 1. The van der Waals surface area contributed by atoms with Crippen molar-refractivity contribution >= 4 is 12.1 Å². The van der Waals surface area contributed by atoms with Gasteiger partial charge in [0.05, 0.1) is 0 Å². The molecule has 6 nitrogen and oxygen atoms in total. The second-order valence-electron chi connectivity index (χ2n) is 6.51. The summed E-state index contributed by atoms with van der Waals surface area (Å²) < 4.78 is 5.16. The Balaban J connectivity index is 4.09. The van der Waals surface area contributed by atoms with Crippen molar-refractivity contribution in [2.75, 3.05) is 20.1 Å². The number of nitrogens with one attached hydrogen (secondary N) is 2. The number of carbonyl (C=O) groups is 2. The van der Waals surface area contributed by atoms with Gasteiger partial charge in [0.25, 0.3) is 0 Å². The van der Waals surface area contributed by atoms with Crippen LogP contribution in [0.5, 0.6) is 0 Å². The summed E-state index contributed by atoms with van der Waals surface area (Å²) in [5.41, 5.74) is -0.523. The van der Waals surface area contributed by atoms with Gasteiger partial charge in [-0.05, 0) is 33.6 Å². The minimum absolute atomic E-state index is 0.142. The van der Waals surface area contributed by atoms with Crippen molar-refractivity contribution in [3.8, 4) is 0 Å². The number of hydrogen-bond donors (Lipinski definition) is 2. The van der Waals surface area contributed by atoms with Gasteiger partial charge in [-0.25, -0.2) is 9.59 Å². The minimum Gasteiger partial charge on any atom is -0.444 e. The minimum atomic E-state index is -0.523. The van der Waals surface area contributed by atoms with E-state index in [-0.39, 0.29) is 12.1 Å². The third kappa shape index (κ3) is 9.47. The summed E-state index contributed by atoms with van der Waals surface area (Å²) in [5.74, 6) is 0.407. The van der Waals surface area contributed by atoms with E-state index in [1.165, 1.54) is 0 Å². The summed E-state index contributed by atoms with van der Waals surface area (Å²) in [4.78, 5) is 24.9. The normalized spacial score (nSPS) is 12.8. The molecule has 0 aliphatic heterocycles. The van der Waals surface area contributed by atoms with Crippen LogP contribution in [-0.4, -0.2) is 48.8 Å². The van der Waals surface area contributed by atoms with Crippen LogP contribution < -0.4 is 10.6 Å². The highest BCUT2D eigenvalue weighted by molar-refractivity contribution is 5.74. The van der Waals surface area contributed by atoms with Gasteiger partial charge in [-0.1, -0.05) is 13.8 Å². The van der Waals surface area contributed by atoms with Gasteiger partial charge in [-0.15, -0.1) is 0 Å². The lowest BCUT2D eigenvalue weighted by atomic mass is 10.2. The summed E-state index contributed by atoms with van der Waals surface area (Å²) in [6.45, 7) is 12.4. The average Bonchev–Trinajstić information content (AvgIpc) is 2.22. The second kappa shape index (κ2) is 7.97. The first-order valence-electron chi connectivity index (χ1n) is 6.99. The van der Waals surface area contributed by atoms with E-state index in [0.29, 0.717) is 19.0 Å². The number of likely N-dealkylation sites (N-methyl/N-ethyl adjacent to an activating group) is 1. The topological polar surface area (TPSA) is 70.7 Å². The molecule has 0 rings (SSSR count). The van der Waals surface area contributed by atoms with E-state index in [1.807, 2.05) is 41.5 Å². The molecule has 0 aromatic heterocycles. The van der Waals surface area contributed by atoms with E-state index in [1.54, 1.807) is 11.9 Å². The number of rotatable bonds is 5. The number of nitrogens with zero attached hydrogens (tertiary/aromatic N) is 1. The van der Waals surface area contributed by atoms with Crippen LogP contribution in [-0.2, 0) is 4.74 Å². The number of carbonyl (C=O) groups excluding carboxylic acids is 2. The molecule has 6 heteroatoms. The molecule has 118 valence electrons. The van der Waals surface area contributed by atoms with Crippen molar-refractivity contribution < 1.29 is 14.3 Å². The first-order chi connectivity index (χ1) is 9.01. The van der Waals surface area contributed by atoms with E-state index >= 15 is 0 Å². The van der Waals surface area contributed by atoms with Crippen LogP contribution in [0.15, 0.2) is 0 Å². The van der Waals surface area contributed by atoms with Gasteiger partial charge >= 0.3 is 12.1 Å². The zero-order valence-electron chi connectivity index (χ0n) is 13.7. The highest BCUT2D eigenvalue weighted by Gasteiger charge is 2.19. The molecule has 0 aliphatic carbocycles. The van der Waals surface area contributed by atoms with Crippen molar-refractivity contribution in [3.63, 3.8) is 0 Å². The third-order valence-corrected chi connectivity index (χ3v) is 2.32. The van der Waals surface area contributed by atoms with Crippen LogP contribution >= 0.6 is 0 Å². The summed E-state index contributed by atoms with van der Waals surface area (Å²) >= 11 is 0. The van der Waals surface area contributed by atoms with Crippen LogP contribution in [0.3, 0.4) is 0 Å². The first-order valence-corrected chi connectivity index (χ1v) is 6.99. The van der Waals surface area contributed by atoms with E-state index in [9.17, 15) is 9.59 Å². The zero-order valence-corrected chi connectivity index (χ0v) is 13.7. The Kier molecular flexibility index (Phi) is 7.39. The first kappa shape index (κ1) is 18.5. The Morgan fingerprint density at radius 1 is 1.20 bits per heavy atom. The number of amides is 3. The van der Waals surface area contributed by atoms with Crippen molar-refractivity contribution in [1.82, 2.24) is 15.5 Å². The lowest BCUT2D eigenvalue weighted by molar-refractivity contribution is 0.0501. The van der Waals surface area contributed by atoms with Gasteiger partial charge in [0, 0.05) is 26.2 Å². The smallest absolute Gasteiger partial charge is 0.407 e. The third-order valence-electron chi connectivity index (χ3n) is 2.32. The molecule has 0 aromatic rings. The predicted octanol–water partition coefficient (Wildman–Crippen LogP) is 2.20. The van der Waals surface area contributed by atoms with Crippen LogP contribution in [0.2, 0.25) is 0 Å². The number of hydrogen-bond acceptors (Lipinski definition) is 3. The number of urea groups is 1. The second-order valence-corrected chi connectivity index (χ2v) is 6.51. The maximum atomic E-state index is 11.8. The standard InChI is InChI=1S/C14H29N3O3/c1-10(2)8-15-12(18)17(7)9-11(3)16-13(19)20-14(4,5)6/h10-11H,8-9H2,1-7H3,(H,15,18)(H,16,19). The summed E-state index contributed by atoms with van der Waals surface area (Å²) in [5, 5.41) is 5.53. The molecule has 0 spiro atoms. The fraction of sp³-hybridized carbons (Fsp3) is 0.857. The van der Waals surface area contributed by atoms with Crippen LogP contribution in [0, 0.1) is 5.92 Å². The molecule has 0 fully saturated rings. The Morgan fingerprint density at radius 3 is 2.20 bits per heavy atom. The Morgan fingerprint density at radius 2 is 1.75 bits per heavy atom. The van der Waals surface area contributed by atoms with E-state index in [4.69, 9.17) is 4.74 Å². The maximum absolute atomic E-state index is 11.8. The number of ether oxygens (including phenoxy) is 1. The van der Waals surface area contributed by atoms with Crippen molar-refractivity contribution in [2.24, 2.45) is 5.92 Å². The van der Waals surface area contributed by atoms with Gasteiger partial charge in [0.15, 0.2) is 0 Å². The van der Waals surface area contributed by atoms with Gasteiger partial charge in [-0.3, -0.25) is 0 Å². The van der Waals surface area contributed by atoms with Gasteiger partial charge in [0.2, 0.25) is 0 Å². The molecule has 0 bridgehead atoms. The van der Waals surface area contributed by atoms with Crippen molar-refractivity contribution in [1.29, 1.82) is 0 Å². The highest BCUT2D eigenvalue weighted by atomic mass is 16.6. The molecule has 0 radical (unpaired) electrons. The van der Waals surface area contributed by atoms with Gasteiger partial charge in [-0.2, -0.15) is 0 Å². The zero-order chi connectivity index (χ0) is 15.9. The Bertz CT molecular complexity index is 324. The van der Waals surface area contributed by atoms with E-state index in [0.717, 1.165) is 0 Å². The van der Waals surface area contributed by atoms with Crippen molar-refractivity contribution in [3.05, 3.63) is 0 Å². The molecule has 1 unspecified atom stereocenters. The average molecular weight is 287 g/mol. The summed E-state index contributed by atoms with van der Waals surface area (Å²) in [6.07, 6.45) is -0.471. The molecule has 0 saturated heterocycles. The molecule has 20 heavy (non-hydrogen) atoms. The maximum Gasteiger partial charge on any atom is 0.407 e. The fourth-order valence-corrected chi connectivity index (χ4v) is 1.47. The molecule has 0 heterocycles. The van der Waals surface area contributed by atoms with E-state index in [2.05, 4.69) is 10.6 Å². The van der Waals surface area contributed by atoms with Gasteiger partial charge in [0.1, 0.15) is 5.60 Å². The molecular formula is C14H29N3O3. The predicted molar refractivity (Wildman–Crippen MR) is 79.7 cm³/mol. The lowest BCUT2D eigenvalue weighted by Crippen LogP contribution is -2.47. The van der Waals surface area contributed by atoms with Crippen LogP contribution in [0.4, 0.5) is 9.59 Å². The van der Waals surface area contributed by atoms with Gasteiger partial charge < -0.3 is 20.3 Å². The summed E-state index contributed by atoms with van der Waals surface area (Å²) in [6, 6.07) is -0.323.